The highest BCUT2D eigenvalue weighted by molar-refractivity contribution is 5.85. The van der Waals surface area contributed by atoms with Crippen molar-refractivity contribution in [2.24, 2.45) is 11.8 Å². The highest BCUT2D eigenvalue weighted by atomic mass is 19.4. The van der Waals surface area contributed by atoms with Gasteiger partial charge in [-0.25, -0.2) is 4.79 Å². The zero-order valence-electron chi connectivity index (χ0n) is 14.0. The van der Waals surface area contributed by atoms with Crippen molar-refractivity contribution in [1.82, 2.24) is 9.80 Å². The number of alkyl halides is 3. The molecule has 0 aromatic heterocycles. The van der Waals surface area contributed by atoms with Gasteiger partial charge in [-0.05, 0) is 12.5 Å². The summed E-state index contributed by atoms with van der Waals surface area (Å²) in [5.41, 5.74) is 0.865. The van der Waals surface area contributed by atoms with E-state index in [1.54, 1.807) is 17.0 Å². The van der Waals surface area contributed by atoms with E-state index in [1.807, 2.05) is 18.2 Å². The highest BCUT2D eigenvalue weighted by Gasteiger charge is 2.53. The van der Waals surface area contributed by atoms with E-state index in [0.717, 1.165) is 10.5 Å². The SMILES string of the molecule is CC(C(=O)O)N(C)C(=O)[C@@H]1CN(Cc2ccccc2)C[C@H]1C(F)(F)F. The molecule has 1 aromatic rings. The molecule has 1 aliphatic rings. The Morgan fingerprint density at radius 1 is 1.28 bits per heavy atom. The zero-order chi connectivity index (χ0) is 18.8. The lowest BCUT2D eigenvalue weighted by molar-refractivity contribution is -0.186. The number of hydrogen-bond acceptors (Lipinski definition) is 3. The van der Waals surface area contributed by atoms with Crippen LogP contribution in [0.5, 0.6) is 0 Å². The summed E-state index contributed by atoms with van der Waals surface area (Å²) in [6.45, 7) is 1.27. The average Bonchev–Trinajstić information content (AvgIpc) is 2.97. The number of likely N-dealkylation sites (N-methyl/N-ethyl adjacent to an activating group) is 1. The molecular formula is C17H21F3N2O3. The second kappa shape index (κ2) is 7.43. The first kappa shape index (κ1) is 19.2. The van der Waals surface area contributed by atoms with Gasteiger partial charge in [0.25, 0.3) is 0 Å². The molecule has 0 radical (unpaired) electrons. The summed E-state index contributed by atoms with van der Waals surface area (Å²) in [6.07, 6.45) is -4.51. The number of aliphatic carboxylic acids is 1. The minimum absolute atomic E-state index is 0.0470. The Hall–Kier alpha value is -2.09. The number of carbonyl (C=O) groups excluding carboxylic acids is 1. The van der Waals surface area contributed by atoms with E-state index in [0.29, 0.717) is 6.54 Å². The normalized spacial score (nSPS) is 22.6. The van der Waals surface area contributed by atoms with E-state index in [-0.39, 0.29) is 13.1 Å². The molecule has 0 spiro atoms. The number of nitrogens with zero attached hydrogens (tertiary/aromatic N) is 2. The monoisotopic (exact) mass is 358 g/mol. The second-order valence-electron chi connectivity index (χ2n) is 6.40. The summed E-state index contributed by atoms with van der Waals surface area (Å²) < 4.78 is 40.2. The molecule has 138 valence electrons. The molecule has 2 rings (SSSR count). The van der Waals surface area contributed by atoms with E-state index < -0.39 is 35.9 Å². The van der Waals surface area contributed by atoms with Crippen molar-refractivity contribution in [3.63, 3.8) is 0 Å². The summed E-state index contributed by atoms with van der Waals surface area (Å²) >= 11 is 0. The summed E-state index contributed by atoms with van der Waals surface area (Å²) in [7, 11) is 1.23. The van der Waals surface area contributed by atoms with Crippen LogP contribution in [0.4, 0.5) is 13.2 Å². The Balaban J connectivity index is 2.16. The molecule has 25 heavy (non-hydrogen) atoms. The number of benzene rings is 1. The maximum atomic E-state index is 13.4. The van der Waals surface area contributed by atoms with Crippen molar-refractivity contribution in [3.8, 4) is 0 Å². The van der Waals surface area contributed by atoms with Crippen LogP contribution in [0.15, 0.2) is 30.3 Å². The van der Waals surface area contributed by atoms with Gasteiger partial charge in [-0.2, -0.15) is 13.2 Å². The fourth-order valence-corrected chi connectivity index (χ4v) is 3.06. The predicted molar refractivity (Wildman–Crippen MR) is 84.6 cm³/mol. The molecule has 1 aliphatic heterocycles. The number of carboxylic acids is 1. The van der Waals surface area contributed by atoms with Gasteiger partial charge >= 0.3 is 12.1 Å². The Kier molecular flexibility index (Phi) is 5.72. The maximum absolute atomic E-state index is 13.4. The van der Waals surface area contributed by atoms with Gasteiger partial charge in [0.15, 0.2) is 0 Å². The van der Waals surface area contributed by atoms with Crippen molar-refractivity contribution in [3.05, 3.63) is 35.9 Å². The molecule has 5 nitrogen and oxygen atoms in total. The van der Waals surface area contributed by atoms with Crippen LogP contribution in [0.25, 0.3) is 0 Å². The van der Waals surface area contributed by atoms with Crippen LogP contribution in [0, 0.1) is 11.8 Å². The molecule has 0 saturated carbocycles. The first-order chi connectivity index (χ1) is 11.6. The predicted octanol–water partition coefficient (Wildman–Crippen LogP) is 2.23. The number of hydrogen-bond donors (Lipinski definition) is 1. The summed E-state index contributed by atoms with van der Waals surface area (Å²) in [5.74, 6) is -5.13. The Labute approximate surface area is 144 Å². The Bertz CT molecular complexity index is 621. The van der Waals surface area contributed by atoms with Crippen LogP contribution >= 0.6 is 0 Å². The molecule has 1 heterocycles. The molecule has 0 aliphatic carbocycles. The van der Waals surface area contributed by atoms with E-state index in [2.05, 4.69) is 0 Å². The Morgan fingerprint density at radius 2 is 1.88 bits per heavy atom. The van der Waals surface area contributed by atoms with Gasteiger partial charge in [-0.15, -0.1) is 0 Å². The minimum Gasteiger partial charge on any atom is -0.480 e. The van der Waals surface area contributed by atoms with Gasteiger partial charge in [-0.1, -0.05) is 30.3 Å². The van der Waals surface area contributed by atoms with Crippen molar-refractivity contribution in [2.45, 2.75) is 25.7 Å². The van der Waals surface area contributed by atoms with E-state index >= 15 is 0 Å². The molecule has 3 atom stereocenters. The quantitative estimate of drug-likeness (QED) is 0.877. The second-order valence-corrected chi connectivity index (χ2v) is 6.40. The first-order valence-corrected chi connectivity index (χ1v) is 7.93. The van der Waals surface area contributed by atoms with Gasteiger partial charge < -0.3 is 10.0 Å². The number of likely N-dealkylation sites (tertiary alicyclic amines) is 1. The number of rotatable bonds is 5. The minimum atomic E-state index is -4.51. The molecule has 1 aromatic carbocycles. The molecule has 1 amide bonds. The van der Waals surface area contributed by atoms with Crippen LogP contribution in [0.3, 0.4) is 0 Å². The number of carbonyl (C=O) groups is 2. The molecular weight excluding hydrogens is 337 g/mol. The molecule has 8 heteroatoms. The van der Waals surface area contributed by atoms with E-state index in [4.69, 9.17) is 5.11 Å². The highest BCUT2D eigenvalue weighted by Crippen LogP contribution is 2.39. The molecule has 1 N–H and O–H groups in total. The molecule has 0 bridgehead atoms. The van der Waals surface area contributed by atoms with Gasteiger partial charge in [0, 0.05) is 26.7 Å². The Morgan fingerprint density at radius 3 is 2.40 bits per heavy atom. The fraction of sp³-hybridized carbons (Fsp3) is 0.529. The summed E-state index contributed by atoms with van der Waals surface area (Å²) in [4.78, 5) is 26.0. The van der Waals surface area contributed by atoms with Gasteiger partial charge in [0.1, 0.15) is 6.04 Å². The van der Waals surface area contributed by atoms with E-state index in [9.17, 15) is 22.8 Å². The van der Waals surface area contributed by atoms with Gasteiger partial charge in [-0.3, -0.25) is 9.69 Å². The van der Waals surface area contributed by atoms with Crippen molar-refractivity contribution in [2.75, 3.05) is 20.1 Å². The van der Waals surface area contributed by atoms with Crippen molar-refractivity contribution >= 4 is 11.9 Å². The number of amides is 1. The van der Waals surface area contributed by atoms with Crippen LogP contribution in [0.2, 0.25) is 0 Å². The molecule has 1 saturated heterocycles. The third kappa shape index (κ3) is 4.50. The molecule has 1 fully saturated rings. The lowest BCUT2D eigenvalue weighted by atomic mass is 9.93. The average molecular weight is 358 g/mol. The van der Waals surface area contributed by atoms with Crippen molar-refractivity contribution in [1.29, 1.82) is 0 Å². The van der Waals surface area contributed by atoms with Crippen LogP contribution in [-0.4, -0.2) is 59.1 Å². The van der Waals surface area contributed by atoms with Crippen LogP contribution < -0.4 is 0 Å². The smallest absolute Gasteiger partial charge is 0.393 e. The lowest BCUT2D eigenvalue weighted by Crippen LogP contribution is -2.47. The van der Waals surface area contributed by atoms with Crippen LogP contribution in [-0.2, 0) is 16.1 Å². The summed E-state index contributed by atoms with van der Waals surface area (Å²) in [5, 5.41) is 8.99. The fourth-order valence-electron chi connectivity index (χ4n) is 3.06. The van der Waals surface area contributed by atoms with Gasteiger partial charge in [0.05, 0.1) is 11.8 Å². The third-order valence-corrected chi connectivity index (χ3v) is 4.67. The maximum Gasteiger partial charge on any atom is 0.393 e. The third-order valence-electron chi connectivity index (χ3n) is 4.67. The topological polar surface area (TPSA) is 60.9 Å². The summed E-state index contributed by atoms with van der Waals surface area (Å²) in [6, 6.07) is 7.88. The van der Waals surface area contributed by atoms with E-state index in [1.165, 1.54) is 14.0 Å². The van der Waals surface area contributed by atoms with Gasteiger partial charge in [0.2, 0.25) is 5.91 Å². The largest absolute Gasteiger partial charge is 0.480 e. The lowest BCUT2D eigenvalue weighted by Gasteiger charge is -2.28. The number of carboxylic acid groups (broad SMARTS) is 1. The molecule has 1 unspecified atom stereocenters. The first-order valence-electron chi connectivity index (χ1n) is 7.93. The standard InChI is InChI=1S/C17H21F3N2O3/c1-11(16(24)25)21(2)15(23)13-9-22(10-14(13)17(18,19)20)8-12-6-4-3-5-7-12/h3-7,11,13-14H,8-10H2,1-2H3,(H,24,25)/t11?,13-,14-/m1/s1. The zero-order valence-corrected chi connectivity index (χ0v) is 14.0. The van der Waals surface area contributed by atoms with Crippen LogP contribution in [0.1, 0.15) is 12.5 Å². The number of halogens is 3. The van der Waals surface area contributed by atoms with Crippen molar-refractivity contribution < 1.29 is 27.9 Å².